The van der Waals surface area contributed by atoms with Gasteiger partial charge in [-0.05, 0) is 41.8 Å². The van der Waals surface area contributed by atoms with Gasteiger partial charge in [0.1, 0.15) is 11.4 Å². The van der Waals surface area contributed by atoms with Gasteiger partial charge in [-0.1, -0.05) is 36.4 Å². The van der Waals surface area contributed by atoms with E-state index in [1.165, 1.54) is 5.56 Å². The lowest BCUT2D eigenvalue weighted by Crippen LogP contribution is -2.23. The minimum Gasteiger partial charge on any atom is -0.497 e. The van der Waals surface area contributed by atoms with Crippen LogP contribution < -0.4 is 9.64 Å². The Kier molecular flexibility index (Phi) is 5.07. The summed E-state index contributed by atoms with van der Waals surface area (Å²) in [6.07, 6.45) is 2.80. The lowest BCUT2D eigenvalue weighted by molar-refractivity contribution is 0.110. The van der Waals surface area contributed by atoms with Crippen LogP contribution in [0.2, 0.25) is 0 Å². The number of nitrogens with zero attached hydrogens (tertiary/aromatic N) is 4. The van der Waals surface area contributed by atoms with Crippen LogP contribution in [0.25, 0.3) is 0 Å². The Morgan fingerprint density at radius 3 is 2.78 bits per heavy atom. The van der Waals surface area contributed by atoms with E-state index < -0.39 is 0 Å². The first-order valence-corrected chi connectivity index (χ1v) is 9.27. The number of benzene rings is 2. The topological polar surface area (TPSA) is 52.4 Å². The molecule has 1 atom stereocenters. The molecule has 27 heavy (non-hydrogen) atoms. The number of methoxy groups -OCH3 is 1. The van der Waals surface area contributed by atoms with Crippen molar-refractivity contribution in [1.82, 2.24) is 15.0 Å². The van der Waals surface area contributed by atoms with Crippen molar-refractivity contribution in [2.75, 3.05) is 25.2 Å². The molecule has 1 fully saturated rings. The van der Waals surface area contributed by atoms with Gasteiger partial charge in [-0.3, -0.25) is 0 Å². The zero-order chi connectivity index (χ0) is 18.6. The number of hydrogen-bond donors (Lipinski definition) is 0. The molecule has 1 aliphatic heterocycles. The highest BCUT2D eigenvalue weighted by atomic mass is 16.5. The Labute approximate surface area is 159 Å². The van der Waals surface area contributed by atoms with E-state index in [9.17, 15) is 0 Å². The maximum absolute atomic E-state index is 5.95. The molecule has 1 aliphatic rings. The summed E-state index contributed by atoms with van der Waals surface area (Å²) in [7, 11) is 1.67. The van der Waals surface area contributed by atoms with Gasteiger partial charge in [-0.2, -0.15) is 0 Å². The second kappa shape index (κ2) is 7.80. The molecule has 0 saturated carbocycles. The van der Waals surface area contributed by atoms with Crippen molar-refractivity contribution in [3.05, 3.63) is 71.5 Å². The highest BCUT2D eigenvalue weighted by Gasteiger charge is 2.29. The Balaban J connectivity index is 1.51. The molecule has 0 radical (unpaired) electrons. The van der Waals surface area contributed by atoms with E-state index in [-0.39, 0.29) is 6.23 Å². The molecule has 0 spiro atoms. The summed E-state index contributed by atoms with van der Waals surface area (Å²) in [4.78, 5) is 2.24. The third-order valence-corrected chi connectivity index (χ3v) is 4.86. The largest absolute Gasteiger partial charge is 0.497 e. The minimum absolute atomic E-state index is 0.198. The zero-order valence-corrected chi connectivity index (χ0v) is 15.7. The fourth-order valence-electron chi connectivity index (χ4n) is 3.36. The fraction of sp³-hybridized carbons (Fsp3) is 0.333. The van der Waals surface area contributed by atoms with Crippen molar-refractivity contribution < 1.29 is 9.47 Å². The zero-order valence-electron chi connectivity index (χ0n) is 15.7. The van der Waals surface area contributed by atoms with Gasteiger partial charge in [-0.15, -0.1) is 5.10 Å². The summed E-state index contributed by atoms with van der Waals surface area (Å²) < 4.78 is 13.1. The van der Waals surface area contributed by atoms with Gasteiger partial charge >= 0.3 is 0 Å². The van der Waals surface area contributed by atoms with Gasteiger partial charge < -0.3 is 14.4 Å². The molecule has 3 aromatic rings. The molecule has 1 saturated heterocycles. The van der Waals surface area contributed by atoms with E-state index in [4.69, 9.17) is 9.47 Å². The fourth-order valence-corrected chi connectivity index (χ4v) is 3.36. The van der Waals surface area contributed by atoms with E-state index in [0.29, 0.717) is 13.2 Å². The quantitative estimate of drug-likeness (QED) is 0.671. The van der Waals surface area contributed by atoms with Crippen LogP contribution in [0.1, 0.15) is 30.0 Å². The summed E-state index contributed by atoms with van der Waals surface area (Å²) in [6.45, 7) is 4.33. The Morgan fingerprint density at radius 2 is 2.00 bits per heavy atom. The van der Waals surface area contributed by atoms with E-state index >= 15 is 0 Å². The van der Waals surface area contributed by atoms with E-state index in [2.05, 4.69) is 52.5 Å². The summed E-state index contributed by atoms with van der Waals surface area (Å²) in [5.74, 6) is 0.841. The highest BCUT2D eigenvalue weighted by Crippen LogP contribution is 2.31. The number of ether oxygens (including phenoxy) is 2. The molecule has 0 unspecified atom stereocenters. The molecular formula is C21H24N4O2. The van der Waals surface area contributed by atoms with Crippen LogP contribution in [0, 0.1) is 0 Å². The summed E-state index contributed by atoms with van der Waals surface area (Å²) in [6, 6.07) is 16.6. The molecule has 4 rings (SSSR count). The van der Waals surface area contributed by atoms with E-state index in [1.807, 2.05) is 29.1 Å². The normalized spacial score (nSPS) is 16.7. The average Bonchev–Trinajstić information content (AvgIpc) is 3.37. The predicted molar refractivity (Wildman–Crippen MR) is 104 cm³/mol. The van der Waals surface area contributed by atoms with Gasteiger partial charge in [0.15, 0.2) is 6.23 Å². The number of anilines is 1. The van der Waals surface area contributed by atoms with Crippen LogP contribution in [-0.4, -0.2) is 35.3 Å². The lowest BCUT2D eigenvalue weighted by Gasteiger charge is -2.23. The van der Waals surface area contributed by atoms with E-state index in [1.54, 1.807) is 7.11 Å². The van der Waals surface area contributed by atoms with Gasteiger partial charge in [0, 0.05) is 12.2 Å². The smallest absolute Gasteiger partial charge is 0.177 e. The van der Waals surface area contributed by atoms with Crippen molar-refractivity contribution in [3.8, 4) is 5.75 Å². The van der Waals surface area contributed by atoms with Crippen LogP contribution >= 0.6 is 0 Å². The van der Waals surface area contributed by atoms with Crippen LogP contribution in [-0.2, 0) is 17.7 Å². The minimum atomic E-state index is -0.198. The van der Waals surface area contributed by atoms with Gasteiger partial charge in [0.2, 0.25) is 0 Å². The Bertz CT molecular complexity index is 891. The first-order chi connectivity index (χ1) is 13.3. The molecule has 2 aromatic carbocycles. The van der Waals surface area contributed by atoms with Crippen molar-refractivity contribution in [2.45, 2.75) is 26.1 Å². The molecule has 6 heteroatoms. The van der Waals surface area contributed by atoms with Crippen LogP contribution in [0.5, 0.6) is 5.75 Å². The third kappa shape index (κ3) is 3.80. The van der Waals surface area contributed by atoms with Crippen molar-refractivity contribution in [3.63, 3.8) is 0 Å². The molecule has 0 bridgehead atoms. The van der Waals surface area contributed by atoms with E-state index in [0.717, 1.165) is 35.7 Å². The van der Waals surface area contributed by atoms with Crippen LogP contribution in [0.15, 0.2) is 54.7 Å². The predicted octanol–water partition coefficient (Wildman–Crippen LogP) is 3.43. The monoisotopic (exact) mass is 364 g/mol. The highest BCUT2D eigenvalue weighted by molar-refractivity contribution is 5.49. The number of aromatic nitrogens is 3. The van der Waals surface area contributed by atoms with Crippen molar-refractivity contribution in [1.29, 1.82) is 0 Å². The van der Waals surface area contributed by atoms with Crippen LogP contribution in [0.4, 0.5) is 5.69 Å². The Hall–Kier alpha value is -2.86. The molecule has 2 heterocycles. The molecule has 6 nitrogen and oxygen atoms in total. The van der Waals surface area contributed by atoms with Crippen molar-refractivity contribution >= 4 is 5.69 Å². The molecule has 0 amide bonds. The summed E-state index contributed by atoms with van der Waals surface area (Å²) in [5.41, 5.74) is 4.43. The molecule has 140 valence electrons. The Morgan fingerprint density at radius 1 is 1.15 bits per heavy atom. The summed E-state index contributed by atoms with van der Waals surface area (Å²) in [5, 5.41) is 8.65. The second-order valence-corrected chi connectivity index (χ2v) is 6.63. The van der Waals surface area contributed by atoms with Crippen molar-refractivity contribution in [2.24, 2.45) is 0 Å². The maximum atomic E-state index is 5.95. The molecule has 0 N–H and O–H groups in total. The second-order valence-electron chi connectivity index (χ2n) is 6.63. The van der Waals surface area contributed by atoms with Crippen LogP contribution in [0.3, 0.4) is 0 Å². The number of rotatable bonds is 6. The number of aryl methyl sites for hydroxylation is 1. The molecule has 1 aromatic heterocycles. The standard InChI is InChI=1S/C21H24N4O2/c1-3-16-7-9-18(10-8-16)25-11-12-27-21(25)20-15-24(23-22-20)14-17-5-4-6-19(13-17)26-2/h4-10,13,15,21H,3,11-12,14H2,1-2H3/t21-/m0/s1. The summed E-state index contributed by atoms with van der Waals surface area (Å²) >= 11 is 0. The first kappa shape index (κ1) is 17.5. The first-order valence-electron chi connectivity index (χ1n) is 9.27. The lowest BCUT2D eigenvalue weighted by atomic mass is 10.1. The molecule has 0 aliphatic carbocycles. The maximum Gasteiger partial charge on any atom is 0.177 e. The number of hydrogen-bond acceptors (Lipinski definition) is 5. The van der Waals surface area contributed by atoms with Gasteiger partial charge in [-0.25, -0.2) is 4.68 Å². The van der Waals surface area contributed by atoms with Gasteiger partial charge in [0.25, 0.3) is 0 Å². The average molecular weight is 364 g/mol. The third-order valence-electron chi connectivity index (χ3n) is 4.86. The van der Waals surface area contributed by atoms with Gasteiger partial charge in [0.05, 0.1) is 26.5 Å². The molecular weight excluding hydrogens is 340 g/mol. The SMILES string of the molecule is CCc1ccc(N2CCO[C@H]2c2cn(Cc3cccc(OC)c3)nn2)cc1.